The Hall–Kier alpha value is -2.16. The molecule has 0 amide bonds. The second-order valence-corrected chi connectivity index (χ2v) is 6.16. The molecule has 2 heterocycles. The fourth-order valence-corrected chi connectivity index (χ4v) is 2.28. The van der Waals surface area contributed by atoms with Crippen molar-refractivity contribution >= 4 is 22.3 Å². The van der Waals surface area contributed by atoms with E-state index in [-0.39, 0.29) is 5.41 Å². The third-order valence-corrected chi connectivity index (χ3v) is 3.39. The van der Waals surface area contributed by atoms with Crippen molar-refractivity contribution < 1.29 is 0 Å². The maximum Gasteiger partial charge on any atom is 0.0793 e. The number of allylic oxidation sites excluding steroid dienone is 1. The van der Waals surface area contributed by atoms with Crippen molar-refractivity contribution in [2.24, 2.45) is 10.4 Å². The van der Waals surface area contributed by atoms with Gasteiger partial charge in [-0.3, -0.25) is 9.98 Å². The molecule has 3 nitrogen and oxygen atoms in total. The molecule has 3 heteroatoms. The number of hydrogen-bond acceptors (Lipinski definition) is 3. The number of nitrogens with one attached hydrogen (secondary N) is 1. The second-order valence-electron chi connectivity index (χ2n) is 6.16. The number of para-hydroxylation sites is 1. The Bertz CT molecular complexity index is 705. The zero-order valence-corrected chi connectivity index (χ0v) is 12.1. The highest BCUT2D eigenvalue weighted by Gasteiger charge is 2.21. The van der Waals surface area contributed by atoms with Crippen LogP contribution in [-0.4, -0.2) is 17.2 Å². The van der Waals surface area contributed by atoms with Gasteiger partial charge in [0.15, 0.2) is 0 Å². The van der Waals surface area contributed by atoms with E-state index < -0.39 is 0 Å². The van der Waals surface area contributed by atoms with E-state index in [0.717, 1.165) is 34.5 Å². The molecule has 1 N–H and O–H groups in total. The summed E-state index contributed by atoms with van der Waals surface area (Å²) < 4.78 is 0. The molecule has 1 aliphatic rings. The first kappa shape index (κ1) is 12.9. The van der Waals surface area contributed by atoms with E-state index in [1.54, 1.807) is 0 Å². The largest absolute Gasteiger partial charge is 0.356 e. The van der Waals surface area contributed by atoms with Crippen LogP contribution in [0.1, 0.15) is 20.8 Å². The Morgan fingerprint density at radius 3 is 2.70 bits per heavy atom. The van der Waals surface area contributed by atoms with Crippen LogP contribution in [0.25, 0.3) is 10.9 Å². The normalized spacial score (nSPS) is 15.2. The lowest BCUT2D eigenvalue weighted by atomic mass is 9.90. The molecule has 0 saturated carbocycles. The van der Waals surface area contributed by atoms with Gasteiger partial charge in [-0.15, -0.1) is 0 Å². The Kier molecular flexibility index (Phi) is 3.05. The maximum atomic E-state index is 4.59. The van der Waals surface area contributed by atoms with Gasteiger partial charge in [0.25, 0.3) is 0 Å². The van der Waals surface area contributed by atoms with E-state index in [2.05, 4.69) is 54.3 Å². The minimum Gasteiger partial charge on any atom is -0.356 e. The summed E-state index contributed by atoms with van der Waals surface area (Å²) in [6.45, 7) is 7.27. The summed E-state index contributed by atoms with van der Waals surface area (Å²) in [5.41, 5.74) is 4.41. The van der Waals surface area contributed by atoms with Gasteiger partial charge in [0.2, 0.25) is 0 Å². The number of pyridine rings is 1. The van der Waals surface area contributed by atoms with E-state index >= 15 is 0 Å². The maximum absolute atomic E-state index is 4.59. The highest BCUT2D eigenvalue weighted by atomic mass is 15.0. The first-order valence-electron chi connectivity index (χ1n) is 6.90. The fraction of sp³-hybridized carbons (Fsp3) is 0.294. The molecule has 1 aromatic carbocycles. The van der Waals surface area contributed by atoms with Crippen molar-refractivity contribution in [1.82, 2.24) is 4.98 Å². The van der Waals surface area contributed by atoms with E-state index in [4.69, 9.17) is 0 Å². The highest BCUT2D eigenvalue weighted by Crippen LogP contribution is 2.24. The monoisotopic (exact) mass is 265 g/mol. The summed E-state index contributed by atoms with van der Waals surface area (Å²) in [6, 6.07) is 10.3. The zero-order valence-electron chi connectivity index (χ0n) is 12.1. The van der Waals surface area contributed by atoms with Gasteiger partial charge in [0.1, 0.15) is 0 Å². The molecule has 0 radical (unpaired) electrons. The number of aliphatic imine (C=N–C) groups is 1. The van der Waals surface area contributed by atoms with Crippen LogP contribution in [0.3, 0.4) is 0 Å². The third kappa shape index (κ3) is 2.57. The van der Waals surface area contributed by atoms with Gasteiger partial charge in [0.05, 0.1) is 23.9 Å². The van der Waals surface area contributed by atoms with Gasteiger partial charge >= 0.3 is 0 Å². The van der Waals surface area contributed by atoms with Crippen LogP contribution >= 0.6 is 0 Å². The number of nitrogens with zero attached hydrogens (tertiary/aromatic N) is 2. The lowest BCUT2D eigenvalue weighted by Crippen LogP contribution is -2.16. The predicted octanol–water partition coefficient (Wildman–Crippen LogP) is 4.03. The van der Waals surface area contributed by atoms with Crippen molar-refractivity contribution in [2.45, 2.75) is 20.8 Å². The molecule has 0 unspecified atom stereocenters. The Labute approximate surface area is 119 Å². The quantitative estimate of drug-likeness (QED) is 0.890. The molecule has 0 aliphatic carbocycles. The van der Waals surface area contributed by atoms with Gasteiger partial charge in [-0.05, 0) is 18.2 Å². The lowest BCUT2D eigenvalue weighted by molar-refractivity contribution is 0.594. The summed E-state index contributed by atoms with van der Waals surface area (Å²) in [4.78, 5) is 9.05. The van der Waals surface area contributed by atoms with Gasteiger partial charge in [-0.2, -0.15) is 0 Å². The Morgan fingerprint density at radius 1 is 1.15 bits per heavy atom. The Morgan fingerprint density at radius 2 is 1.95 bits per heavy atom. The van der Waals surface area contributed by atoms with Gasteiger partial charge in [-0.1, -0.05) is 39.0 Å². The average molecular weight is 265 g/mol. The highest BCUT2D eigenvalue weighted by molar-refractivity contribution is 6.01. The molecule has 1 aliphatic heterocycles. The van der Waals surface area contributed by atoms with Gasteiger partial charge < -0.3 is 5.32 Å². The van der Waals surface area contributed by atoms with Crippen LogP contribution in [0.4, 0.5) is 5.69 Å². The first-order chi connectivity index (χ1) is 9.52. The average Bonchev–Trinajstić information content (AvgIpc) is 2.87. The van der Waals surface area contributed by atoms with Crippen molar-refractivity contribution in [3.63, 3.8) is 0 Å². The molecule has 0 saturated heterocycles. The van der Waals surface area contributed by atoms with Crippen molar-refractivity contribution in [1.29, 1.82) is 0 Å². The molecular formula is C17H19N3. The second kappa shape index (κ2) is 4.75. The van der Waals surface area contributed by atoms with Crippen LogP contribution in [0.15, 0.2) is 53.3 Å². The molecule has 0 fully saturated rings. The molecule has 0 spiro atoms. The smallest absolute Gasteiger partial charge is 0.0793 e. The minimum atomic E-state index is 0.102. The molecule has 3 rings (SSSR count). The van der Waals surface area contributed by atoms with Gasteiger partial charge in [0, 0.05) is 22.2 Å². The third-order valence-electron chi connectivity index (χ3n) is 3.39. The van der Waals surface area contributed by atoms with Crippen molar-refractivity contribution in [3.05, 3.63) is 48.3 Å². The number of benzene rings is 1. The molecular weight excluding hydrogens is 246 g/mol. The van der Waals surface area contributed by atoms with Crippen LogP contribution in [0.2, 0.25) is 0 Å². The minimum absolute atomic E-state index is 0.102. The number of hydrogen-bond donors (Lipinski definition) is 1. The summed E-state index contributed by atoms with van der Waals surface area (Å²) in [5.74, 6) is 0. The Balaban J connectivity index is 1.81. The fourth-order valence-electron chi connectivity index (χ4n) is 2.28. The van der Waals surface area contributed by atoms with E-state index in [9.17, 15) is 0 Å². The number of fused-ring (bicyclic) bond motifs is 1. The van der Waals surface area contributed by atoms with Crippen LogP contribution in [0.5, 0.6) is 0 Å². The standard InChI is InChI=1S/C17H19N3/c1-17(2,3)16-9-14(11-19-16)20-13-8-12-6-4-5-7-15(12)18-10-13/h4-10,20H,11H2,1-3H3. The topological polar surface area (TPSA) is 37.3 Å². The summed E-state index contributed by atoms with van der Waals surface area (Å²) >= 11 is 0. The van der Waals surface area contributed by atoms with Gasteiger partial charge in [-0.25, -0.2) is 0 Å². The predicted molar refractivity (Wildman–Crippen MR) is 85.2 cm³/mol. The summed E-state index contributed by atoms with van der Waals surface area (Å²) in [5, 5.41) is 4.57. The molecule has 20 heavy (non-hydrogen) atoms. The summed E-state index contributed by atoms with van der Waals surface area (Å²) in [6.07, 6.45) is 4.02. The molecule has 0 atom stereocenters. The number of rotatable bonds is 2. The van der Waals surface area contributed by atoms with Crippen LogP contribution in [-0.2, 0) is 0 Å². The van der Waals surface area contributed by atoms with Crippen molar-refractivity contribution in [3.8, 4) is 0 Å². The molecule has 1 aromatic heterocycles. The molecule has 0 bridgehead atoms. The first-order valence-corrected chi connectivity index (χ1v) is 6.90. The van der Waals surface area contributed by atoms with E-state index in [1.165, 1.54) is 0 Å². The zero-order chi connectivity index (χ0) is 14.2. The van der Waals surface area contributed by atoms with E-state index in [0.29, 0.717) is 0 Å². The lowest BCUT2D eigenvalue weighted by Gasteiger charge is -2.16. The number of anilines is 1. The SMILES string of the molecule is CC(C)(C)C1=NCC(Nc2cnc3ccccc3c2)=C1. The summed E-state index contributed by atoms with van der Waals surface area (Å²) in [7, 11) is 0. The molecule has 102 valence electrons. The van der Waals surface area contributed by atoms with Crippen molar-refractivity contribution in [2.75, 3.05) is 11.9 Å². The molecule has 2 aromatic rings. The van der Waals surface area contributed by atoms with E-state index in [1.807, 2.05) is 24.4 Å². The number of aromatic nitrogens is 1. The van der Waals surface area contributed by atoms with Crippen LogP contribution < -0.4 is 5.32 Å². The van der Waals surface area contributed by atoms with Crippen LogP contribution in [0, 0.1) is 5.41 Å².